The summed E-state index contributed by atoms with van der Waals surface area (Å²) in [6, 6.07) is 10.6. The van der Waals surface area contributed by atoms with Gasteiger partial charge in [0.15, 0.2) is 0 Å². The summed E-state index contributed by atoms with van der Waals surface area (Å²) >= 11 is 0. The molecule has 18 heavy (non-hydrogen) atoms. The van der Waals surface area contributed by atoms with Gasteiger partial charge in [0.1, 0.15) is 5.75 Å². The first kappa shape index (κ1) is 12.6. The third kappa shape index (κ3) is 3.58. The highest BCUT2D eigenvalue weighted by Gasteiger charge is 2.09. The minimum absolute atomic E-state index is 0.455. The number of pyridine rings is 1. The van der Waals surface area contributed by atoms with E-state index in [0.717, 1.165) is 6.42 Å². The Hall–Kier alpha value is -1.85. The fourth-order valence-corrected chi connectivity index (χ4v) is 1.57. The highest BCUT2D eigenvalue weighted by Crippen LogP contribution is 2.08. The van der Waals surface area contributed by atoms with Gasteiger partial charge in [-0.2, -0.15) is 0 Å². The summed E-state index contributed by atoms with van der Waals surface area (Å²) in [5, 5.41) is 17.9. The van der Waals surface area contributed by atoms with E-state index in [9.17, 15) is 0 Å². The van der Waals surface area contributed by atoms with Gasteiger partial charge in [0.05, 0.1) is 6.61 Å². The maximum Gasteiger partial charge on any atom is 0.488 e. The predicted molar refractivity (Wildman–Crippen MR) is 69.7 cm³/mol. The average molecular weight is 243 g/mol. The molecule has 5 heteroatoms. The summed E-state index contributed by atoms with van der Waals surface area (Å²) in [6.07, 6.45) is 4.33. The lowest BCUT2D eigenvalue weighted by atomic mass is 9.80. The maximum absolute atomic E-state index is 8.95. The van der Waals surface area contributed by atoms with Crippen molar-refractivity contribution in [2.75, 3.05) is 6.61 Å². The molecule has 0 aliphatic carbocycles. The van der Waals surface area contributed by atoms with Crippen LogP contribution < -0.4 is 10.2 Å². The van der Waals surface area contributed by atoms with Crippen molar-refractivity contribution in [2.45, 2.75) is 6.42 Å². The van der Waals surface area contributed by atoms with Gasteiger partial charge in [0, 0.05) is 18.8 Å². The number of ether oxygens (including phenoxy) is 1. The number of hydrogen-bond acceptors (Lipinski definition) is 4. The highest BCUT2D eigenvalue weighted by atomic mass is 16.5. The molecule has 1 aromatic carbocycles. The second kappa shape index (κ2) is 6.19. The SMILES string of the molecule is OB(O)c1ccc(OCCc2ccncc2)cc1. The molecule has 0 aliphatic rings. The summed E-state index contributed by atoms with van der Waals surface area (Å²) in [6.45, 7) is 0.574. The second-order valence-corrected chi connectivity index (χ2v) is 3.90. The summed E-state index contributed by atoms with van der Waals surface area (Å²) in [7, 11) is -1.43. The van der Waals surface area contributed by atoms with Crippen molar-refractivity contribution in [3.8, 4) is 5.75 Å². The van der Waals surface area contributed by atoms with Crippen molar-refractivity contribution in [3.05, 3.63) is 54.4 Å². The van der Waals surface area contributed by atoms with Gasteiger partial charge in [-0.15, -0.1) is 0 Å². The smallest absolute Gasteiger partial charge is 0.488 e. The van der Waals surface area contributed by atoms with Crippen LogP contribution in [0, 0.1) is 0 Å². The molecule has 1 aromatic heterocycles. The molecule has 92 valence electrons. The predicted octanol–water partition coefficient (Wildman–Crippen LogP) is 0.383. The molecule has 2 rings (SSSR count). The second-order valence-electron chi connectivity index (χ2n) is 3.90. The van der Waals surface area contributed by atoms with E-state index in [1.165, 1.54) is 5.56 Å². The molecule has 0 fully saturated rings. The van der Waals surface area contributed by atoms with Crippen LogP contribution in [0.5, 0.6) is 5.75 Å². The molecule has 0 radical (unpaired) electrons. The third-order valence-electron chi connectivity index (χ3n) is 2.59. The monoisotopic (exact) mass is 243 g/mol. The lowest BCUT2D eigenvalue weighted by Crippen LogP contribution is -2.29. The van der Waals surface area contributed by atoms with Crippen LogP contribution in [-0.2, 0) is 6.42 Å². The van der Waals surface area contributed by atoms with Crippen LogP contribution in [0.1, 0.15) is 5.56 Å². The first-order valence-corrected chi connectivity index (χ1v) is 5.73. The maximum atomic E-state index is 8.95. The van der Waals surface area contributed by atoms with Gasteiger partial charge in [0.25, 0.3) is 0 Å². The zero-order valence-corrected chi connectivity index (χ0v) is 9.86. The minimum atomic E-state index is -1.43. The lowest BCUT2D eigenvalue weighted by Gasteiger charge is -2.07. The van der Waals surface area contributed by atoms with Crippen LogP contribution in [-0.4, -0.2) is 28.8 Å². The summed E-state index contributed by atoms with van der Waals surface area (Å²) < 4.78 is 5.56. The molecule has 2 N–H and O–H groups in total. The fourth-order valence-electron chi connectivity index (χ4n) is 1.57. The molecule has 1 heterocycles. The molecule has 0 aliphatic heterocycles. The van der Waals surface area contributed by atoms with Gasteiger partial charge in [-0.1, -0.05) is 12.1 Å². The van der Waals surface area contributed by atoms with E-state index < -0.39 is 7.12 Å². The van der Waals surface area contributed by atoms with Gasteiger partial charge in [-0.05, 0) is 35.3 Å². The molecule has 0 atom stereocenters. The average Bonchev–Trinajstić information content (AvgIpc) is 2.40. The Kier molecular flexibility index (Phi) is 4.33. The molecular formula is C13H14BNO3. The molecule has 0 bridgehead atoms. The number of nitrogens with zero attached hydrogens (tertiary/aromatic N) is 1. The minimum Gasteiger partial charge on any atom is -0.493 e. The van der Waals surface area contributed by atoms with E-state index in [0.29, 0.717) is 17.8 Å². The molecule has 0 saturated heterocycles. The Balaban J connectivity index is 1.83. The van der Waals surface area contributed by atoms with E-state index in [4.69, 9.17) is 14.8 Å². The zero-order valence-electron chi connectivity index (χ0n) is 9.86. The molecule has 0 spiro atoms. The Morgan fingerprint density at radius 1 is 1.00 bits per heavy atom. The first-order valence-electron chi connectivity index (χ1n) is 5.73. The topological polar surface area (TPSA) is 62.6 Å². The van der Waals surface area contributed by atoms with E-state index in [2.05, 4.69) is 4.98 Å². The lowest BCUT2D eigenvalue weighted by molar-refractivity contribution is 0.322. The molecule has 4 nitrogen and oxygen atoms in total. The van der Waals surface area contributed by atoms with Crippen molar-refractivity contribution in [3.63, 3.8) is 0 Å². The van der Waals surface area contributed by atoms with Crippen LogP contribution in [0.15, 0.2) is 48.8 Å². The summed E-state index contributed by atoms with van der Waals surface area (Å²) in [5.41, 5.74) is 1.63. The Bertz CT molecular complexity index is 473. The van der Waals surface area contributed by atoms with Gasteiger partial charge in [-0.3, -0.25) is 4.98 Å². The Labute approximate surface area is 106 Å². The molecule has 2 aromatic rings. The van der Waals surface area contributed by atoms with Crippen molar-refractivity contribution in [1.82, 2.24) is 4.98 Å². The Morgan fingerprint density at radius 3 is 2.28 bits per heavy atom. The van der Waals surface area contributed by atoms with Crippen LogP contribution in [0.2, 0.25) is 0 Å². The van der Waals surface area contributed by atoms with Gasteiger partial charge >= 0.3 is 7.12 Å². The van der Waals surface area contributed by atoms with Crippen LogP contribution in [0.25, 0.3) is 0 Å². The third-order valence-corrected chi connectivity index (χ3v) is 2.59. The van der Waals surface area contributed by atoms with Gasteiger partial charge in [0.2, 0.25) is 0 Å². The number of aromatic nitrogens is 1. The van der Waals surface area contributed by atoms with E-state index >= 15 is 0 Å². The standard InChI is InChI=1S/C13H14BNO3/c16-14(17)12-1-3-13(4-2-12)18-10-7-11-5-8-15-9-6-11/h1-6,8-9,16-17H,7,10H2. The Morgan fingerprint density at radius 2 is 1.67 bits per heavy atom. The van der Waals surface area contributed by atoms with E-state index in [1.54, 1.807) is 36.7 Å². The fraction of sp³-hybridized carbons (Fsp3) is 0.154. The number of rotatable bonds is 5. The largest absolute Gasteiger partial charge is 0.493 e. The summed E-state index contributed by atoms with van der Waals surface area (Å²) in [4.78, 5) is 3.95. The molecule has 0 amide bonds. The molecule has 0 saturated carbocycles. The van der Waals surface area contributed by atoms with Gasteiger partial charge in [-0.25, -0.2) is 0 Å². The molecular weight excluding hydrogens is 229 g/mol. The van der Waals surface area contributed by atoms with E-state index in [-0.39, 0.29) is 0 Å². The van der Waals surface area contributed by atoms with Crippen LogP contribution >= 0.6 is 0 Å². The summed E-state index contributed by atoms with van der Waals surface area (Å²) in [5.74, 6) is 0.716. The first-order chi connectivity index (χ1) is 8.75. The molecule has 0 unspecified atom stereocenters. The number of hydrogen-bond donors (Lipinski definition) is 2. The van der Waals surface area contributed by atoms with E-state index in [1.807, 2.05) is 12.1 Å². The van der Waals surface area contributed by atoms with Gasteiger partial charge < -0.3 is 14.8 Å². The van der Waals surface area contributed by atoms with Crippen LogP contribution in [0.4, 0.5) is 0 Å². The van der Waals surface area contributed by atoms with Crippen molar-refractivity contribution >= 4 is 12.6 Å². The van der Waals surface area contributed by atoms with Crippen molar-refractivity contribution in [1.29, 1.82) is 0 Å². The van der Waals surface area contributed by atoms with Crippen molar-refractivity contribution in [2.24, 2.45) is 0 Å². The van der Waals surface area contributed by atoms with Crippen LogP contribution in [0.3, 0.4) is 0 Å². The van der Waals surface area contributed by atoms with Crippen molar-refractivity contribution < 1.29 is 14.8 Å². The highest BCUT2D eigenvalue weighted by molar-refractivity contribution is 6.58. The normalized spacial score (nSPS) is 10.1. The number of benzene rings is 1. The quantitative estimate of drug-likeness (QED) is 0.745. The zero-order chi connectivity index (χ0) is 12.8.